The number of benzene rings is 2. The van der Waals surface area contributed by atoms with E-state index in [1.54, 1.807) is 16.3 Å². The number of para-hydroxylation sites is 1. The van der Waals surface area contributed by atoms with E-state index in [4.69, 9.17) is 4.74 Å². The van der Waals surface area contributed by atoms with Gasteiger partial charge in [-0.25, -0.2) is 4.98 Å². The number of anilines is 1. The summed E-state index contributed by atoms with van der Waals surface area (Å²) < 4.78 is 7.50. The molecule has 1 N–H and O–H groups in total. The quantitative estimate of drug-likeness (QED) is 0.628. The fraction of sp³-hybridized carbons (Fsp3) is 0.261. The Balaban J connectivity index is 1.24. The van der Waals surface area contributed by atoms with Gasteiger partial charge in [0.25, 0.3) is 5.56 Å². The highest BCUT2D eigenvalue weighted by atomic mass is 32.2. The van der Waals surface area contributed by atoms with Crippen molar-refractivity contribution >= 4 is 23.4 Å². The Bertz CT molecular complexity index is 1140. The Morgan fingerprint density at radius 2 is 1.87 bits per heavy atom. The Kier molecular flexibility index (Phi) is 5.04. The van der Waals surface area contributed by atoms with E-state index in [0.717, 1.165) is 41.4 Å². The van der Waals surface area contributed by atoms with Crippen LogP contribution in [0.15, 0.2) is 64.5 Å². The molecular formula is C23H21N3O3S. The maximum Gasteiger partial charge on any atom is 0.257 e. The number of nitrogens with one attached hydrogen (secondary N) is 1. The standard InChI is InChI=1S/C23H21N3O3S/c27-21(24-15-9-11-18(12-10-15)29-17-5-2-1-3-6-17)13-16-14-30-23-25-20-8-4-7-19(20)22(28)26(16)23/h1-3,5-6,9-12,16H,4,7-8,13-14H2,(H,24,27)/t16-/m0/s1. The summed E-state index contributed by atoms with van der Waals surface area (Å²) in [5.74, 6) is 2.05. The first-order chi connectivity index (χ1) is 14.7. The van der Waals surface area contributed by atoms with Crippen molar-refractivity contribution in [3.8, 4) is 11.5 Å². The zero-order valence-electron chi connectivity index (χ0n) is 16.3. The lowest BCUT2D eigenvalue weighted by molar-refractivity contribution is -0.116. The van der Waals surface area contributed by atoms with Crippen LogP contribution in [0, 0.1) is 0 Å². The first-order valence-corrected chi connectivity index (χ1v) is 11.1. The smallest absolute Gasteiger partial charge is 0.257 e. The van der Waals surface area contributed by atoms with E-state index in [1.807, 2.05) is 54.6 Å². The zero-order chi connectivity index (χ0) is 20.5. The van der Waals surface area contributed by atoms with E-state index in [-0.39, 0.29) is 23.9 Å². The molecule has 1 aliphatic carbocycles. The molecule has 5 rings (SSSR count). The first kappa shape index (κ1) is 18.9. The topological polar surface area (TPSA) is 73.2 Å². The molecule has 7 heteroatoms. The molecule has 6 nitrogen and oxygen atoms in total. The number of amides is 1. The zero-order valence-corrected chi connectivity index (χ0v) is 17.2. The second-order valence-corrected chi connectivity index (χ2v) is 8.49. The molecule has 1 aliphatic heterocycles. The number of hydrogen-bond donors (Lipinski definition) is 1. The summed E-state index contributed by atoms with van der Waals surface area (Å²) >= 11 is 1.56. The molecule has 0 saturated carbocycles. The summed E-state index contributed by atoms with van der Waals surface area (Å²) in [4.78, 5) is 30.1. The predicted octanol–water partition coefficient (Wildman–Crippen LogP) is 4.20. The fourth-order valence-corrected chi connectivity index (χ4v) is 5.11. The van der Waals surface area contributed by atoms with Crippen molar-refractivity contribution in [3.63, 3.8) is 0 Å². The van der Waals surface area contributed by atoms with E-state index in [0.29, 0.717) is 17.2 Å². The number of carbonyl (C=O) groups excluding carboxylic acids is 1. The second-order valence-electron chi connectivity index (χ2n) is 7.50. The molecule has 0 bridgehead atoms. The SMILES string of the molecule is O=C(C[C@H]1CSc2nc3c(c(=O)n21)CCC3)Nc1ccc(Oc2ccccc2)cc1. The number of fused-ring (bicyclic) bond motifs is 2. The van der Waals surface area contributed by atoms with Gasteiger partial charge < -0.3 is 10.1 Å². The van der Waals surface area contributed by atoms with Gasteiger partial charge in [0.05, 0.1) is 11.7 Å². The number of aryl methyl sites for hydroxylation is 1. The molecule has 2 aromatic carbocycles. The van der Waals surface area contributed by atoms with Crippen LogP contribution in [-0.2, 0) is 17.6 Å². The Morgan fingerprint density at radius 1 is 1.10 bits per heavy atom. The molecule has 30 heavy (non-hydrogen) atoms. The molecule has 0 fully saturated rings. The lowest BCUT2D eigenvalue weighted by Gasteiger charge is -2.14. The molecular weight excluding hydrogens is 398 g/mol. The van der Waals surface area contributed by atoms with Crippen molar-refractivity contribution in [1.82, 2.24) is 9.55 Å². The summed E-state index contributed by atoms with van der Waals surface area (Å²) in [6.45, 7) is 0. The fourth-order valence-electron chi connectivity index (χ4n) is 3.96. The molecule has 0 radical (unpaired) electrons. The molecule has 0 unspecified atom stereocenters. The largest absolute Gasteiger partial charge is 0.457 e. The highest BCUT2D eigenvalue weighted by Gasteiger charge is 2.31. The van der Waals surface area contributed by atoms with Crippen LogP contribution in [0.25, 0.3) is 0 Å². The van der Waals surface area contributed by atoms with Crippen LogP contribution in [0.2, 0.25) is 0 Å². The van der Waals surface area contributed by atoms with Gasteiger partial charge in [0, 0.05) is 23.4 Å². The summed E-state index contributed by atoms with van der Waals surface area (Å²) in [6, 6.07) is 16.7. The minimum absolute atomic E-state index is 0.0395. The summed E-state index contributed by atoms with van der Waals surface area (Å²) in [5.41, 5.74) is 2.52. The van der Waals surface area contributed by atoms with Gasteiger partial charge in [-0.2, -0.15) is 0 Å². The van der Waals surface area contributed by atoms with Gasteiger partial charge >= 0.3 is 0 Å². The van der Waals surface area contributed by atoms with Crippen LogP contribution < -0.4 is 15.6 Å². The third-order valence-electron chi connectivity index (χ3n) is 5.41. The average molecular weight is 420 g/mol. The lowest BCUT2D eigenvalue weighted by Crippen LogP contribution is -2.30. The Morgan fingerprint density at radius 3 is 2.67 bits per heavy atom. The number of ether oxygens (including phenoxy) is 1. The predicted molar refractivity (Wildman–Crippen MR) is 116 cm³/mol. The number of rotatable bonds is 5. The molecule has 1 atom stereocenters. The molecule has 2 aliphatic rings. The van der Waals surface area contributed by atoms with Crippen LogP contribution in [-0.4, -0.2) is 21.2 Å². The highest BCUT2D eigenvalue weighted by molar-refractivity contribution is 7.99. The van der Waals surface area contributed by atoms with Crippen LogP contribution in [0.1, 0.15) is 30.1 Å². The van der Waals surface area contributed by atoms with Crippen molar-refractivity contribution in [1.29, 1.82) is 0 Å². The van der Waals surface area contributed by atoms with Crippen LogP contribution in [0.3, 0.4) is 0 Å². The third kappa shape index (κ3) is 3.73. The lowest BCUT2D eigenvalue weighted by atomic mass is 10.2. The van der Waals surface area contributed by atoms with Crippen molar-refractivity contribution in [3.05, 3.63) is 76.2 Å². The van der Waals surface area contributed by atoms with E-state index >= 15 is 0 Å². The number of carbonyl (C=O) groups is 1. The maximum atomic E-state index is 12.9. The van der Waals surface area contributed by atoms with Gasteiger partial charge in [-0.05, 0) is 55.7 Å². The molecule has 152 valence electrons. The van der Waals surface area contributed by atoms with E-state index < -0.39 is 0 Å². The molecule has 3 aromatic rings. The molecule has 2 heterocycles. The molecule has 1 amide bonds. The number of hydrogen-bond acceptors (Lipinski definition) is 5. The highest BCUT2D eigenvalue weighted by Crippen LogP contribution is 2.34. The van der Waals surface area contributed by atoms with Gasteiger partial charge in [0.2, 0.25) is 5.91 Å². The van der Waals surface area contributed by atoms with E-state index in [2.05, 4.69) is 10.3 Å². The van der Waals surface area contributed by atoms with Crippen LogP contribution >= 0.6 is 11.8 Å². The molecule has 1 aromatic heterocycles. The number of nitrogens with zero attached hydrogens (tertiary/aromatic N) is 2. The van der Waals surface area contributed by atoms with Gasteiger partial charge in [-0.1, -0.05) is 30.0 Å². The van der Waals surface area contributed by atoms with E-state index in [1.165, 1.54) is 0 Å². The van der Waals surface area contributed by atoms with E-state index in [9.17, 15) is 9.59 Å². The van der Waals surface area contributed by atoms with Gasteiger partial charge in [0.1, 0.15) is 11.5 Å². The summed E-state index contributed by atoms with van der Waals surface area (Å²) in [7, 11) is 0. The Hall–Kier alpha value is -3.06. The summed E-state index contributed by atoms with van der Waals surface area (Å²) in [6.07, 6.45) is 2.92. The minimum atomic E-state index is -0.156. The number of thioether (sulfide) groups is 1. The summed E-state index contributed by atoms with van der Waals surface area (Å²) in [5, 5.41) is 3.67. The Labute approximate surface area is 178 Å². The monoisotopic (exact) mass is 419 g/mol. The minimum Gasteiger partial charge on any atom is -0.457 e. The van der Waals surface area contributed by atoms with Crippen molar-refractivity contribution in [2.75, 3.05) is 11.1 Å². The van der Waals surface area contributed by atoms with Gasteiger partial charge in [-0.15, -0.1) is 0 Å². The van der Waals surface area contributed by atoms with Crippen LogP contribution in [0.5, 0.6) is 11.5 Å². The molecule has 0 saturated heterocycles. The number of aromatic nitrogens is 2. The second kappa shape index (κ2) is 7.99. The van der Waals surface area contributed by atoms with Crippen molar-refractivity contribution < 1.29 is 9.53 Å². The van der Waals surface area contributed by atoms with Crippen molar-refractivity contribution in [2.45, 2.75) is 36.9 Å². The average Bonchev–Trinajstić information content (AvgIpc) is 3.38. The van der Waals surface area contributed by atoms with Crippen molar-refractivity contribution in [2.24, 2.45) is 0 Å². The third-order valence-corrected chi connectivity index (χ3v) is 6.51. The maximum absolute atomic E-state index is 12.9. The van der Waals surface area contributed by atoms with Gasteiger partial charge in [0.15, 0.2) is 5.16 Å². The van der Waals surface area contributed by atoms with Crippen LogP contribution in [0.4, 0.5) is 5.69 Å². The molecule has 0 spiro atoms. The first-order valence-electron chi connectivity index (χ1n) is 10.1. The van der Waals surface area contributed by atoms with Gasteiger partial charge in [-0.3, -0.25) is 14.2 Å². The normalized spacial score (nSPS) is 16.7.